The molecule has 5 rings (SSSR count). The minimum Gasteiger partial charge on any atom is -0.371 e. The van der Waals surface area contributed by atoms with Gasteiger partial charge in [0.2, 0.25) is 16.0 Å². The molecule has 2 fully saturated rings. The van der Waals surface area contributed by atoms with E-state index >= 15 is 0 Å². The van der Waals surface area contributed by atoms with Crippen LogP contribution in [0.2, 0.25) is 5.02 Å². The van der Waals surface area contributed by atoms with Gasteiger partial charge in [-0.25, -0.2) is 17.8 Å². The van der Waals surface area contributed by atoms with Crippen LogP contribution in [0.4, 0.5) is 38.9 Å². The molecule has 0 atom stereocenters. The van der Waals surface area contributed by atoms with Crippen molar-refractivity contribution in [2.24, 2.45) is 0 Å². The normalized spacial score (nSPS) is 17.4. The molecule has 3 N–H and O–H groups in total. The molecule has 1 aromatic heterocycles. The number of likely N-dealkylation sites (N-methyl/N-ethyl adjacent to an activating group) is 1. The smallest absolute Gasteiger partial charge is 0.229 e. The van der Waals surface area contributed by atoms with Gasteiger partial charge in [-0.05, 0) is 66.2 Å². The summed E-state index contributed by atoms with van der Waals surface area (Å²) in [6.45, 7) is 6.54. The first kappa shape index (κ1) is 29.8. The summed E-state index contributed by atoms with van der Waals surface area (Å²) in [5, 5.41) is 6.74. The number of piperazine rings is 1. The van der Waals surface area contributed by atoms with Crippen molar-refractivity contribution in [3.8, 4) is 0 Å². The van der Waals surface area contributed by atoms with Crippen molar-refractivity contribution in [3.63, 3.8) is 0 Å². The summed E-state index contributed by atoms with van der Waals surface area (Å²) >= 11 is 10.1. The number of hydrogen-bond donors (Lipinski definition) is 3. The summed E-state index contributed by atoms with van der Waals surface area (Å²) in [6, 6.07) is 10.3. The summed E-state index contributed by atoms with van der Waals surface area (Å²) in [4.78, 5) is 16.2. The molecule has 0 amide bonds. The van der Waals surface area contributed by atoms with Crippen molar-refractivity contribution in [1.29, 1.82) is 0 Å². The zero-order valence-corrected chi connectivity index (χ0v) is 26.0. The summed E-state index contributed by atoms with van der Waals surface area (Å²) in [6.07, 6.45) is 4.83. The number of hydrogen-bond acceptors (Lipinski definition) is 9. The Morgan fingerprint density at radius 1 is 0.976 bits per heavy atom. The molecule has 2 aliphatic heterocycles. The molecule has 0 unspecified atom stereocenters. The molecule has 2 aromatic carbocycles. The van der Waals surface area contributed by atoms with Crippen LogP contribution < -0.4 is 20.3 Å². The number of piperidine rings is 1. The van der Waals surface area contributed by atoms with Gasteiger partial charge in [0.05, 0.1) is 32.8 Å². The van der Waals surface area contributed by atoms with Gasteiger partial charge in [0.1, 0.15) is 11.6 Å². The van der Waals surface area contributed by atoms with E-state index in [2.05, 4.69) is 63.0 Å². The quantitative estimate of drug-likeness (QED) is 0.303. The third-order valence-corrected chi connectivity index (χ3v) is 8.84. The lowest BCUT2D eigenvalue weighted by Crippen LogP contribution is -2.52. The van der Waals surface area contributed by atoms with Crippen LogP contribution in [-0.2, 0) is 10.0 Å². The highest BCUT2D eigenvalue weighted by Gasteiger charge is 2.27. The van der Waals surface area contributed by atoms with Crippen LogP contribution in [-0.4, -0.2) is 86.8 Å². The van der Waals surface area contributed by atoms with Crippen LogP contribution in [0.5, 0.6) is 0 Å². The Labute approximate surface area is 253 Å². The van der Waals surface area contributed by atoms with E-state index < -0.39 is 15.8 Å². The van der Waals surface area contributed by atoms with Gasteiger partial charge in [0.25, 0.3) is 0 Å². The minimum absolute atomic E-state index is 0.0544. The Kier molecular flexibility index (Phi) is 9.19. The van der Waals surface area contributed by atoms with E-state index in [9.17, 15) is 12.8 Å². The Bertz CT molecular complexity index is 1500. The van der Waals surface area contributed by atoms with E-state index in [0.717, 1.165) is 70.1 Å². The lowest BCUT2D eigenvalue weighted by molar-refractivity contribution is 0.0982. The number of nitrogens with zero attached hydrogens (tertiary/aromatic N) is 5. The molecule has 3 aromatic rings. The lowest BCUT2D eigenvalue weighted by Gasteiger charge is -2.42. The highest BCUT2D eigenvalue weighted by molar-refractivity contribution is 9.10. The van der Waals surface area contributed by atoms with Gasteiger partial charge in [-0.3, -0.25) is 9.62 Å². The van der Waals surface area contributed by atoms with Crippen molar-refractivity contribution in [2.75, 3.05) is 72.8 Å². The maximum Gasteiger partial charge on any atom is 0.229 e. The highest BCUT2D eigenvalue weighted by atomic mass is 79.9. The van der Waals surface area contributed by atoms with Gasteiger partial charge >= 0.3 is 0 Å². The van der Waals surface area contributed by atoms with Crippen molar-refractivity contribution < 1.29 is 12.8 Å². The molecule has 10 nitrogen and oxygen atoms in total. The Morgan fingerprint density at radius 2 is 1.68 bits per heavy atom. The second kappa shape index (κ2) is 12.7. The lowest BCUT2D eigenvalue weighted by atomic mass is 10.0. The van der Waals surface area contributed by atoms with E-state index in [0.29, 0.717) is 32.7 Å². The second-order valence-electron chi connectivity index (χ2n) is 10.4. The fourth-order valence-electron chi connectivity index (χ4n) is 5.15. The number of aromatic nitrogens is 2. The van der Waals surface area contributed by atoms with Gasteiger partial charge in [-0.2, -0.15) is 4.98 Å². The van der Waals surface area contributed by atoms with Crippen LogP contribution in [0.3, 0.4) is 0 Å². The SMILES string of the molecule is CN1CCN(C2CCN(c3ccc(Nc4ncc(Br)c(Nc5ccc(F)cc5NS(C)(=O)=O)n4)c(Cl)c3)CC2)CC1. The first-order valence-electron chi connectivity index (χ1n) is 13.3. The minimum atomic E-state index is -3.63. The van der Waals surface area contributed by atoms with Crippen LogP contribution in [0.25, 0.3) is 0 Å². The molecule has 0 radical (unpaired) electrons. The van der Waals surface area contributed by atoms with Crippen molar-refractivity contribution in [1.82, 2.24) is 19.8 Å². The average Bonchev–Trinajstić information content (AvgIpc) is 2.93. The van der Waals surface area contributed by atoms with Gasteiger partial charge in [0, 0.05) is 63.3 Å². The predicted octanol–water partition coefficient (Wildman–Crippen LogP) is 5.11. The van der Waals surface area contributed by atoms with E-state index in [4.69, 9.17) is 11.6 Å². The van der Waals surface area contributed by atoms with Crippen molar-refractivity contribution >= 4 is 72.1 Å². The van der Waals surface area contributed by atoms with E-state index in [1.54, 1.807) is 6.20 Å². The fourth-order valence-corrected chi connectivity index (χ4v) is 6.23. The zero-order valence-electron chi connectivity index (χ0n) is 22.9. The average molecular weight is 668 g/mol. The highest BCUT2D eigenvalue weighted by Crippen LogP contribution is 2.33. The molecule has 0 saturated carbocycles. The molecular formula is C27H33BrClFN8O2S. The van der Waals surface area contributed by atoms with Gasteiger partial charge in [0.15, 0.2) is 0 Å². The van der Waals surface area contributed by atoms with Crippen molar-refractivity contribution in [3.05, 3.63) is 57.9 Å². The summed E-state index contributed by atoms with van der Waals surface area (Å²) in [5.41, 5.74) is 2.11. The predicted molar refractivity (Wildman–Crippen MR) is 167 cm³/mol. The van der Waals surface area contributed by atoms with Crippen LogP contribution in [0.1, 0.15) is 12.8 Å². The van der Waals surface area contributed by atoms with Crippen LogP contribution in [0, 0.1) is 5.82 Å². The van der Waals surface area contributed by atoms with Crippen molar-refractivity contribution in [2.45, 2.75) is 18.9 Å². The number of nitrogens with one attached hydrogen (secondary N) is 3. The maximum atomic E-state index is 13.8. The fraction of sp³-hybridized carbons (Fsp3) is 0.407. The second-order valence-corrected chi connectivity index (χ2v) is 13.4. The van der Waals surface area contributed by atoms with E-state index in [1.165, 1.54) is 12.1 Å². The van der Waals surface area contributed by atoms with E-state index in [1.807, 2.05) is 18.2 Å². The van der Waals surface area contributed by atoms with Gasteiger partial charge in [-0.15, -0.1) is 0 Å². The van der Waals surface area contributed by atoms with Gasteiger partial charge in [-0.1, -0.05) is 11.6 Å². The monoisotopic (exact) mass is 666 g/mol. The number of halogens is 3. The number of anilines is 6. The zero-order chi connectivity index (χ0) is 29.1. The molecule has 0 bridgehead atoms. The number of benzene rings is 2. The first-order valence-corrected chi connectivity index (χ1v) is 16.4. The Balaban J connectivity index is 1.25. The molecule has 2 saturated heterocycles. The van der Waals surface area contributed by atoms with E-state index in [-0.39, 0.29) is 11.6 Å². The number of sulfonamides is 1. The van der Waals surface area contributed by atoms with Gasteiger partial charge < -0.3 is 20.4 Å². The molecule has 14 heteroatoms. The maximum absolute atomic E-state index is 13.8. The third-order valence-electron chi connectivity index (χ3n) is 7.36. The molecule has 0 aliphatic carbocycles. The first-order chi connectivity index (χ1) is 19.5. The largest absolute Gasteiger partial charge is 0.371 e. The summed E-state index contributed by atoms with van der Waals surface area (Å²) < 4.78 is 40.2. The Morgan fingerprint density at radius 3 is 2.37 bits per heavy atom. The standard InChI is InChI=1S/C27H33BrClFN8O2S/c1-36-11-13-38(14-12-36)19-7-9-37(10-8-19)20-4-6-23(22(29)16-20)33-27-31-17-21(28)26(34-27)32-24-5-3-18(30)15-25(24)35-41(2,39)40/h3-6,15-17,19,35H,7-14H2,1-2H3,(H2,31,32,33,34). The third kappa shape index (κ3) is 7.77. The van der Waals surface area contributed by atoms with Crippen LogP contribution >= 0.6 is 27.5 Å². The van der Waals surface area contributed by atoms with Crippen LogP contribution in [0.15, 0.2) is 47.1 Å². The topological polar surface area (TPSA) is 106 Å². The molecule has 3 heterocycles. The molecule has 41 heavy (non-hydrogen) atoms. The summed E-state index contributed by atoms with van der Waals surface area (Å²) in [7, 11) is -1.44. The molecular weight excluding hydrogens is 635 g/mol. The molecule has 220 valence electrons. The summed E-state index contributed by atoms with van der Waals surface area (Å²) in [5.74, 6) is 0.0444. The molecule has 0 spiro atoms. The number of rotatable bonds is 8. The Hall–Kier alpha value is -2.71. The molecule has 2 aliphatic rings.